The van der Waals surface area contributed by atoms with Crippen LogP contribution in [0.5, 0.6) is 0 Å². The van der Waals surface area contributed by atoms with Crippen molar-refractivity contribution in [3.63, 3.8) is 0 Å². The van der Waals surface area contributed by atoms with Crippen molar-refractivity contribution in [3.05, 3.63) is 33.9 Å². The standard InChI is InChI=1S/C15H23N3O3/c1-3-16-7-4-8-17(10-9-16)15-6-5-14(18(19)20)11-13(15)12-21-2/h5-6,11H,3-4,7-10,12H2,1-2H3. The first kappa shape index (κ1) is 15.7. The number of anilines is 1. The average Bonchev–Trinajstić information content (AvgIpc) is 2.72. The predicted molar refractivity (Wildman–Crippen MR) is 82.8 cm³/mol. The summed E-state index contributed by atoms with van der Waals surface area (Å²) < 4.78 is 5.21. The molecule has 0 N–H and O–H groups in total. The Balaban J connectivity index is 2.23. The van der Waals surface area contributed by atoms with E-state index in [-0.39, 0.29) is 10.6 Å². The van der Waals surface area contributed by atoms with Crippen molar-refractivity contribution in [3.8, 4) is 0 Å². The maximum Gasteiger partial charge on any atom is 0.269 e. The molecule has 1 fully saturated rings. The maximum atomic E-state index is 10.9. The van der Waals surface area contributed by atoms with E-state index in [0.29, 0.717) is 6.61 Å². The van der Waals surface area contributed by atoms with Crippen LogP contribution in [0.3, 0.4) is 0 Å². The minimum Gasteiger partial charge on any atom is -0.380 e. The monoisotopic (exact) mass is 293 g/mol. The zero-order valence-corrected chi connectivity index (χ0v) is 12.7. The number of hydrogen-bond donors (Lipinski definition) is 0. The number of nitro groups is 1. The van der Waals surface area contributed by atoms with Gasteiger partial charge >= 0.3 is 0 Å². The van der Waals surface area contributed by atoms with Gasteiger partial charge in [0.05, 0.1) is 11.5 Å². The second kappa shape index (κ2) is 7.38. The van der Waals surface area contributed by atoms with E-state index in [1.54, 1.807) is 19.2 Å². The van der Waals surface area contributed by atoms with Crippen LogP contribution in [0.15, 0.2) is 18.2 Å². The van der Waals surface area contributed by atoms with Gasteiger partial charge in [0.25, 0.3) is 5.69 Å². The lowest BCUT2D eigenvalue weighted by atomic mass is 10.1. The molecule has 1 aromatic carbocycles. The molecule has 2 rings (SSSR count). The molecule has 0 radical (unpaired) electrons. The number of nitro benzene ring substituents is 1. The lowest BCUT2D eigenvalue weighted by Gasteiger charge is -2.25. The number of benzene rings is 1. The molecule has 1 heterocycles. The fourth-order valence-corrected chi connectivity index (χ4v) is 2.79. The lowest BCUT2D eigenvalue weighted by molar-refractivity contribution is -0.384. The highest BCUT2D eigenvalue weighted by molar-refractivity contribution is 5.58. The third kappa shape index (κ3) is 3.92. The summed E-state index contributed by atoms with van der Waals surface area (Å²) in [5.41, 5.74) is 2.06. The fourth-order valence-electron chi connectivity index (χ4n) is 2.79. The number of nitrogens with zero attached hydrogens (tertiary/aromatic N) is 3. The van der Waals surface area contributed by atoms with Crippen molar-refractivity contribution in [1.82, 2.24) is 4.90 Å². The minimum absolute atomic E-state index is 0.121. The summed E-state index contributed by atoms with van der Waals surface area (Å²) in [6.07, 6.45) is 1.11. The molecular weight excluding hydrogens is 270 g/mol. The minimum atomic E-state index is -0.357. The first-order chi connectivity index (χ1) is 10.2. The third-order valence-electron chi connectivity index (χ3n) is 3.95. The van der Waals surface area contributed by atoms with Crippen molar-refractivity contribution < 1.29 is 9.66 Å². The van der Waals surface area contributed by atoms with Crippen molar-refractivity contribution in [1.29, 1.82) is 0 Å². The van der Waals surface area contributed by atoms with Crippen molar-refractivity contribution >= 4 is 11.4 Å². The van der Waals surface area contributed by atoms with Crippen LogP contribution >= 0.6 is 0 Å². The normalized spacial score (nSPS) is 16.8. The molecule has 0 unspecified atom stereocenters. The molecule has 0 aromatic heterocycles. The highest BCUT2D eigenvalue weighted by atomic mass is 16.6. The van der Waals surface area contributed by atoms with Crippen molar-refractivity contribution in [2.45, 2.75) is 20.0 Å². The quantitative estimate of drug-likeness (QED) is 0.615. The largest absolute Gasteiger partial charge is 0.380 e. The Labute approximate surface area is 125 Å². The summed E-state index contributed by atoms with van der Waals surface area (Å²) in [6, 6.07) is 5.06. The Morgan fingerprint density at radius 3 is 2.76 bits per heavy atom. The van der Waals surface area contributed by atoms with Gasteiger partial charge in [0.2, 0.25) is 0 Å². The van der Waals surface area contributed by atoms with Gasteiger partial charge in [-0.05, 0) is 25.6 Å². The number of hydrogen-bond acceptors (Lipinski definition) is 5. The summed E-state index contributed by atoms with van der Waals surface area (Å²) in [4.78, 5) is 15.3. The molecule has 0 bridgehead atoms. The molecule has 0 amide bonds. The predicted octanol–water partition coefficient (Wildman–Crippen LogP) is 2.27. The number of ether oxygens (including phenoxy) is 1. The molecule has 0 atom stereocenters. The molecule has 116 valence electrons. The van der Waals surface area contributed by atoms with Crippen molar-refractivity contribution in [2.75, 3.05) is 44.7 Å². The van der Waals surface area contributed by atoms with Crippen LogP contribution in [0, 0.1) is 10.1 Å². The Kier molecular flexibility index (Phi) is 5.52. The van der Waals surface area contributed by atoms with Gasteiger partial charge in [-0.3, -0.25) is 10.1 Å². The molecule has 1 aliphatic heterocycles. The number of rotatable bonds is 5. The first-order valence-electron chi connectivity index (χ1n) is 7.39. The van der Waals surface area contributed by atoms with Gasteiger partial charge in [-0.15, -0.1) is 0 Å². The zero-order chi connectivity index (χ0) is 15.2. The van der Waals surface area contributed by atoms with Crippen molar-refractivity contribution in [2.24, 2.45) is 0 Å². The Bertz CT molecular complexity index is 493. The smallest absolute Gasteiger partial charge is 0.269 e. The van der Waals surface area contributed by atoms with Gasteiger partial charge in [0.1, 0.15) is 0 Å². The number of likely N-dealkylation sites (N-methyl/N-ethyl adjacent to an activating group) is 1. The molecule has 0 aliphatic carbocycles. The van der Waals surface area contributed by atoms with Gasteiger partial charge in [-0.2, -0.15) is 0 Å². The van der Waals surface area contributed by atoms with Crippen LogP contribution in [0.2, 0.25) is 0 Å². The van der Waals surface area contributed by atoms with E-state index >= 15 is 0 Å². The molecule has 21 heavy (non-hydrogen) atoms. The molecule has 6 nitrogen and oxygen atoms in total. The maximum absolute atomic E-state index is 10.9. The second-order valence-corrected chi connectivity index (χ2v) is 5.28. The van der Waals surface area contributed by atoms with E-state index < -0.39 is 0 Å². The Hall–Kier alpha value is -1.66. The molecule has 0 spiro atoms. The lowest BCUT2D eigenvalue weighted by Crippen LogP contribution is -2.31. The van der Waals surface area contributed by atoms with Gasteiger partial charge in [0, 0.05) is 50.1 Å². The summed E-state index contributed by atoms with van der Waals surface area (Å²) in [5, 5.41) is 10.9. The van der Waals surface area contributed by atoms with Crippen LogP contribution in [0.4, 0.5) is 11.4 Å². The number of non-ortho nitro benzene ring substituents is 1. The van der Waals surface area contributed by atoms with Crippen LogP contribution in [-0.2, 0) is 11.3 Å². The average molecular weight is 293 g/mol. The van der Waals surface area contributed by atoms with Crippen LogP contribution in [0.1, 0.15) is 18.9 Å². The van der Waals surface area contributed by atoms with Gasteiger partial charge in [0.15, 0.2) is 0 Å². The van der Waals surface area contributed by atoms with Gasteiger partial charge in [-0.25, -0.2) is 0 Å². The van der Waals surface area contributed by atoms with E-state index in [2.05, 4.69) is 16.7 Å². The van der Waals surface area contributed by atoms with Gasteiger partial charge < -0.3 is 14.5 Å². The molecule has 1 aliphatic rings. The topological polar surface area (TPSA) is 58.9 Å². The highest BCUT2D eigenvalue weighted by Gasteiger charge is 2.18. The summed E-state index contributed by atoms with van der Waals surface area (Å²) in [5.74, 6) is 0. The van der Waals surface area contributed by atoms with E-state index in [4.69, 9.17) is 4.74 Å². The van der Waals surface area contributed by atoms with E-state index in [1.807, 2.05) is 6.07 Å². The first-order valence-corrected chi connectivity index (χ1v) is 7.39. The summed E-state index contributed by atoms with van der Waals surface area (Å²) >= 11 is 0. The SMILES string of the molecule is CCN1CCCN(c2ccc([N+](=O)[O-])cc2COC)CC1. The van der Waals surface area contributed by atoms with Gasteiger partial charge in [-0.1, -0.05) is 6.92 Å². The van der Waals surface area contributed by atoms with Crippen LogP contribution in [-0.4, -0.2) is 49.7 Å². The Morgan fingerprint density at radius 1 is 1.29 bits per heavy atom. The molecule has 1 saturated heterocycles. The van der Waals surface area contributed by atoms with Crippen LogP contribution < -0.4 is 4.90 Å². The van der Waals surface area contributed by atoms with E-state index in [0.717, 1.165) is 50.4 Å². The second-order valence-electron chi connectivity index (χ2n) is 5.28. The zero-order valence-electron chi connectivity index (χ0n) is 12.7. The molecule has 1 aromatic rings. The summed E-state index contributed by atoms with van der Waals surface area (Å²) in [7, 11) is 1.61. The van der Waals surface area contributed by atoms with E-state index in [9.17, 15) is 10.1 Å². The fraction of sp³-hybridized carbons (Fsp3) is 0.600. The Morgan fingerprint density at radius 2 is 2.10 bits per heavy atom. The summed E-state index contributed by atoms with van der Waals surface area (Å²) in [6.45, 7) is 7.70. The third-order valence-corrected chi connectivity index (χ3v) is 3.95. The molecule has 0 saturated carbocycles. The van der Waals surface area contributed by atoms with E-state index in [1.165, 1.54) is 0 Å². The van der Waals surface area contributed by atoms with Crippen LogP contribution in [0.25, 0.3) is 0 Å². The molecular formula is C15H23N3O3. The highest BCUT2D eigenvalue weighted by Crippen LogP contribution is 2.27. The number of methoxy groups -OCH3 is 1. The molecule has 6 heteroatoms.